The fraction of sp³-hybridized carbons (Fsp3) is 0.435. The predicted octanol–water partition coefficient (Wildman–Crippen LogP) is 3.81. The summed E-state index contributed by atoms with van der Waals surface area (Å²) in [6.07, 6.45) is 2.34. The SMILES string of the molecule is O=C(O)N1CCc2ccccc2[C@@]1(c1ccccc1)[C@@H]1CN2CCC1CC2. The van der Waals surface area contributed by atoms with Gasteiger partial charge in [0, 0.05) is 19.0 Å². The Labute approximate surface area is 160 Å². The van der Waals surface area contributed by atoms with Gasteiger partial charge in [-0.2, -0.15) is 0 Å². The van der Waals surface area contributed by atoms with Gasteiger partial charge in [0.15, 0.2) is 0 Å². The quantitative estimate of drug-likeness (QED) is 0.883. The van der Waals surface area contributed by atoms with Gasteiger partial charge < -0.3 is 10.0 Å². The molecular weight excluding hydrogens is 336 g/mol. The number of fused-ring (bicyclic) bond motifs is 4. The Balaban J connectivity index is 1.79. The zero-order valence-electron chi connectivity index (χ0n) is 15.6. The molecule has 0 saturated carbocycles. The number of amides is 1. The van der Waals surface area contributed by atoms with Crippen molar-refractivity contribution >= 4 is 6.09 Å². The summed E-state index contributed by atoms with van der Waals surface area (Å²) >= 11 is 0. The van der Waals surface area contributed by atoms with Gasteiger partial charge in [-0.25, -0.2) is 4.79 Å². The van der Waals surface area contributed by atoms with Crippen LogP contribution in [-0.4, -0.2) is 47.2 Å². The molecule has 2 aromatic carbocycles. The predicted molar refractivity (Wildman–Crippen MR) is 105 cm³/mol. The first-order valence-electron chi connectivity index (χ1n) is 10.1. The van der Waals surface area contributed by atoms with Gasteiger partial charge in [-0.05, 0) is 55.0 Å². The highest BCUT2D eigenvalue weighted by atomic mass is 16.4. The second kappa shape index (κ2) is 6.38. The van der Waals surface area contributed by atoms with Crippen LogP contribution in [0.1, 0.15) is 29.5 Å². The number of hydrogen-bond acceptors (Lipinski definition) is 2. The van der Waals surface area contributed by atoms with Gasteiger partial charge in [-0.1, -0.05) is 54.6 Å². The Kier molecular flexibility index (Phi) is 3.97. The Hall–Kier alpha value is -2.33. The molecular formula is C23H26N2O2. The van der Waals surface area contributed by atoms with E-state index in [1.54, 1.807) is 4.90 Å². The fourth-order valence-electron chi connectivity index (χ4n) is 5.97. The Morgan fingerprint density at radius 2 is 1.67 bits per heavy atom. The smallest absolute Gasteiger partial charge is 0.408 e. The lowest BCUT2D eigenvalue weighted by Crippen LogP contribution is -2.64. The molecule has 140 valence electrons. The van der Waals surface area contributed by atoms with Crippen molar-refractivity contribution in [3.05, 3.63) is 71.3 Å². The third-order valence-electron chi connectivity index (χ3n) is 7.10. The first-order chi connectivity index (χ1) is 13.2. The van der Waals surface area contributed by atoms with E-state index in [1.807, 2.05) is 6.07 Å². The number of piperidine rings is 3. The highest BCUT2D eigenvalue weighted by Crippen LogP contribution is 2.52. The third-order valence-corrected chi connectivity index (χ3v) is 7.10. The molecule has 2 bridgehead atoms. The lowest BCUT2D eigenvalue weighted by Gasteiger charge is -2.58. The molecule has 0 aromatic heterocycles. The number of rotatable bonds is 2. The summed E-state index contributed by atoms with van der Waals surface area (Å²) in [6.45, 7) is 3.85. The van der Waals surface area contributed by atoms with Crippen molar-refractivity contribution in [1.82, 2.24) is 9.80 Å². The van der Waals surface area contributed by atoms with Crippen LogP contribution in [0.3, 0.4) is 0 Å². The molecule has 4 nitrogen and oxygen atoms in total. The molecule has 0 unspecified atom stereocenters. The summed E-state index contributed by atoms with van der Waals surface area (Å²) in [4.78, 5) is 16.8. The monoisotopic (exact) mass is 362 g/mol. The van der Waals surface area contributed by atoms with Gasteiger partial charge in [0.2, 0.25) is 0 Å². The van der Waals surface area contributed by atoms with Crippen LogP contribution in [0.25, 0.3) is 0 Å². The van der Waals surface area contributed by atoms with E-state index in [0.29, 0.717) is 18.4 Å². The van der Waals surface area contributed by atoms with Crippen molar-refractivity contribution in [2.75, 3.05) is 26.2 Å². The molecule has 2 aromatic rings. The molecule has 4 aliphatic rings. The van der Waals surface area contributed by atoms with Crippen LogP contribution in [0.2, 0.25) is 0 Å². The fourth-order valence-corrected chi connectivity index (χ4v) is 5.97. The standard InChI is InChI=1S/C23H26N2O2/c26-22(27)25-15-12-17-6-4-5-9-20(17)23(25,19-7-2-1-3-8-19)21-16-24-13-10-18(21)11-14-24/h1-9,18,21H,10-16H2,(H,26,27)/t21-,23+/m1/s1. The lowest BCUT2D eigenvalue weighted by atomic mass is 9.60. The van der Waals surface area contributed by atoms with Crippen molar-refractivity contribution in [2.24, 2.45) is 11.8 Å². The summed E-state index contributed by atoms with van der Waals surface area (Å²) in [5.41, 5.74) is 3.03. The van der Waals surface area contributed by atoms with Gasteiger partial charge in [0.25, 0.3) is 0 Å². The van der Waals surface area contributed by atoms with Crippen LogP contribution in [0.5, 0.6) is 0 Å². The first kappa shape index (κ1) is 16.8. The largest absolute Gasteiger partial charge is 0.465 e. The average Bonchev–Trinajstić information content (AvgIpc) is 2.74. The minimum atomic E-state index is -0.801. The second-order valence-corrected chi connectivity index (χ2v) is 8.22. The topological polar surface area (TPSA) is 43.8 Å². The molecule has 1 amide bonds. The molecule has 6 rings (SSSR count). The van der Waals surface area contributed by atoms with Gasteiger partial charge in [-0.15, -0.1) is 0 Å². The minimum absolute atomic E-state index is 0.292. The summed E-state index contributed by atoms with van der Waals surface area (Å²) in [5.74, 6) is 0.864. The minimum Gasteiger partial charge on any atom is -0.465 e. The van der Waals surface area contributed by atoms with Crippen molar-refractivity contribution in [2.45, 2.75) is 24.8 Å². The maximum absolute atomic E-state index is 12.5. The zero-order chi connectivity index (χ0) is 18.4. The molecule has 2 atom stereocenters. The van der Waals surface area contributed by atoms with Crippen molar-refractivity contribution < 1.29 is 9.90 Å². The highest BCUT2D eigenvalue weighted by Gasteiger charge is 2.56. The first-order valence-corrected chi connectivity index (χ1v) is 10.1. The van der Waals surface area contributed by atoms with E-state index < -0.39 is 11.6 Å². The summed E-state index contributed by atoms with van der Waals surface area (Å²) in [5, 5.41) is 10.3. The molecule has 0 radical (unpaired) electrons. The van der Waals surface area contributed by atoms with E-state index in [1.165, 1.54) is 24.0 Å². The molecule has 1 N–H and O–H groups in total. The third kappa shape index (κ3) is 2.43. The van der Waals surface area contributed by atoms with Gasteiger partial charge in [-0.3, -0.25) is 4.90 Å². The van der Waals surface area contributed by atoms with Crippen molar-refractivity contribution in [3.8, 4) is 0 Å². The van der Waals surface area contributed by atoms with E-state index in [4.69, 9.17) is 0 Å². The van der Waals surface area contributed by atoms with Crippen LogP contribution in [0, 0.1) is 11.8 Å². The molecule has 0 spiro atoms. The van der Waals surface area contributed by atoms with Gasteiger partial charge >= 0.3 is 6.09 Å². The van der Waals surface area contributed by atoms with E-state index in [2.05, 4.69) is 53.4 Å². The number of carbonyl (C=O) groups is 1. The van der Waals surface area contributed by atoms with Gasteiger partial charge in [0.05, 0.1) is 0 Å². The van der Waals surface area contributed by atoms with E-state index >= 15 is 0 Å². The Bertz CT molecular complexity index is 844. The number of benzene rings is 2. The summed E-state index contributed by atoms with van der Waals surface area (Å²) in [7, 11) is 0. The molecule has 3 saturated heterocycles. The number of carboxylic acid groups (broad SMARTS) is 1. The second-order valence-electron chi connectivity index (χ2n) is 8.22. The summed E-state index contributed by atoms with van der Waals surface area (Å²) < 4.78 is 0. The number of hydrogen-bond donors (Lipinski definition) is 1. The summed E-state index contributed by atoms with van der Waals surface area (Å²) in [6, 6.07) is 18.9. The lowest BCUT2D eigenvalue weighted by molar-refractivity contribution is -0.0422. The molecule has 4 aliphatic heterocycles. The molecule has 4 heteroatoms. The number of nitrogens with zero attached hydrogens (tertiary/aromatic N) is 2. The van der Waals surface area contributed by atoms with Crippen LogP contribution in [0.4, 0.5) is 4.79 Å². The van der Waals surface area contributed by atoms with Crippen LogP contribution < -0.4 is 0 Å². The van der Waals surface area contributed by atoms with Crippen molar-refractivity contribution in [1.29, 1.82) is 0 Å². The maximum atomic E-state index is 12.5. The molecule has 0 aliphatic carbocycles. The van der Waals surface area contributed by atoms with E-state index in [-0.39, 0.29) is 0 Å². The maximum Gasteiger partial charge on any atom is 0.408 e. The molecule has 27 heavy (non-hydrogen) atoms. The zero-order valence-corrected chi connectivity index (χ0v) is 15.6. The van der Waals surface area contributed by atoms with Crippen LogP contribution in [0.15, 0.2) is 54.6 Å². The molecule has 3 fully saturated rings. The normalized spacial score (nSPS) is 32.1. The van der Waals surface area contributed by atoms with Gasteiger partial charge in [0.1, 0.15) is 5.54 Å². The average molecular weight is 362 g/mol. The highest BCUT2D eigenvalue weighted by molar-refractivity contribution is 5.70. The van der Waals surface area contributed by atoms with Crippen LogP contribution in [-0.2, 0) is 12.0 Å². The van der Waals surface area contributed by atoms with Crippen molar-refractivity contribution in [3.63, 3.8) is 0 Å². The Morgan fingerprint density at radius 3 is 2.33 bits per heavy atom. The van der Waals surface area contributed by atoms with E-state index in [0.717, 1.165) is 31.6 Å². The molecule has 4 heterocycles. The van der Waals surface area contributed by atoms with E-state index in [9.17, 15) is 9.90 Å². The van der Waals surface area contributed by atoms with Crippen LogP contribution >= 0.6 is 0 Å². The Morgan fingerprint density at radius 1 is 0.963 bits per heavy atom.